The van der Waals surface area contributed by atoms with Crippen molar-refractivity contribution in [2.75, 3.05) is 12.8 Å². The van der Waals surface area contributed by atoms with Crippen LogP contribution in [0.5, 0.6) is 0 Å². The lowest BCUT2D eigenvalue weighted by molar-refractivity contribution is 0.0586. The molecular weight excluding hydrogens is 258 g/mol. The predicted molar refractivity (Wildman–Crippen MR) is 64.7 cm³/mol. The summed E-state index contributed by atoms with van der Waals surface area (Å²) >= 11 is 5.81. The van der Waals surface area contributed by atoms with Crippen LogP contribution in [0.15, 0.2) is 12.3 Å². The van der Waals surface area contributed by atoms with E-state index < -0.39 is 5.97 Å². The second-order valence-corrected chi connectivity index (χ2v) is 3.90. The van der Waals surface area contributed by atoms with Crippen LogP contribution in [0.4, 0.5) is 5.82 Å². The summed E-state index contributed by atoms with van der Waals surface area (Å²) < 4.78 is 5.94. The summed E-state index contributed by atoms with van der Waals surface area (Å²) in [6, 6.07) is 1.65. The van der Waals surface area contributed by atoms with Crippen LogP contribution in [0.2, 0.25) is 5.02 Å². The molecule has 0 spiro atoms. The topological polar surface area (TPSA) is 95.9 Å². The Morgan fingerprint density at radius 1 is 1.50 bits per heavy atom. The summed E-state index contributed by atoms with van der Waals surface area (Å²) in [6.07, 6.45) is 1.50. The largest absolute Gasteiger partial charge is 0.463 e. The van der Waals surface area contributed by atoms with Gasteiger partial charge in [0.2, 0.25) is 5.82 Å². The average Bonchev–Trinajstić information content (AvgIpc) is 2.68. The van der Waals surface area contributed by atoms with Crippen LogP contribution in [-0.4, -0.2) is 32.8 Å². The first-order valence-electron chi connectivity index (χ1n) is 4.96. The molecule has 0 saturated heterocycles. The molecule has 0 atom stereocenters. The molecule has 2 aromatic rings. The number of nitrogen functional groups attached to an aromatic ring is 1. The van der Waals surface area contributed by atoms with Crippen molar-refractivity contribution in [1.29, 1.82) is 0 Å². The number of methoxy groups -OCH3 is 1. The van der Waals surface area contributed by atoms with Crippen molar-refractivity contribution in [2.45, 2.75) is 6.92 Å². The van der Waals surface area contributed by atoms with Gasteiger partial charge in [0.15, 0.2) is 11.6 Å². The van der Waals surface area contributed by atoms with Crippen LogP contribution in [0.3, 0.4) is 0 Å². The summed E-state index contributed by atoms with van der Waals surface area (Å²) in [7, 11) is 1.26. The Morgan fingerprint density at radius 3 is 2.78 bits per heavy atom. The molecule has 2 aromatic heterocycles. The molecule has 0 radical (unpaired) electrons. The van der Waals surface area contributed by atoms with E-state index in [0.29, 0.717) is 16.5 Å². The van der Waals surface area contributed by atoms with Gasteiger partial charge in [0, 0.05) is 11.8 Å². The molecule has 8 heteroatoms. The van der Waals surface area contributed by atoms with E-state index in [-0.39, 0.29) is 11.6 Å². The number of aromatic nitrogens is 4. The van der Waals surface area contributed by atoms with Crippen molar-refractivity contribution >= 4 is 23.4 Å². The highest BCUT2D eigenvalue weighted by Crippen LogP contribution is 2.18. The van der Waals surface area contributed by atoms with Gasteiger partial charge in [-0.15, -0.1) is 5.10 Å². The monoisotopic (exact) mass is 267 g/mol. The molecule has 2 N–H and O–H groups in total. The number of carbonyl (C=O) groups excluding carboxylic acids is 1. The lowest BCUT2D eigenvalue weighted by Crippen LogP contribution is -2.11. The fraction of sp³-hybridized carbons (Fsp3) is 0.200. The zero-order valence-corrected chi connectivity index (χ0v) is 10.5. The molecule has 0 amide bonds. The van der Waals surface area contributed by atoms with Crippen LogP contribution in [0, 0.1) is 6.92 Å². The van der Waals surface area contributed by atoms with Gasteiger partial charge >= 0.3 is 5.97 Å². The van der Waals surface area contributed by atoms with Gasteiger partial charge in [-0.1, -0.05) is 11.6 Å². The minimum absolute atomic E-state index is 0.0438. The molecular formula is C10H10ClN5O2. The molecule has 0 unspecified atom stereocenters. The molecule has 0 aliphatic rings. The fourth-order valence-corrected chi connectivity index (χ4v) is 1.47. The van der Waals surface area contributed by atoms with Gasteiger partial charge in [-0.25, -0.2) is 19.4 Å². The molecule has 0 aliphatic heterocycles. The van der Waals surface area contributed by atoms with Crippen LogP contribution in [0.25, 0.3) is 5.82 Å². The van der Waals surface area contributed by atoms with Crippen LogP contribution in [0.1, 0.15) is 16.3 Å². The number of carbonyl (C=O) groups is 1. The Bertz CT molecular complexity index is 591. The smallest absolute Gasteiger partial charge is 0.376 e. The number of hydrogen-bond donors (Lipinski definition) is 1. The number of rotatable bonds is 2. The molecule has 2 rings (SSSR count). The summed E-state index contributed by atoms with van der Waals surface area (Å²) in [5, 5.41) is 4.28. The van der Waals surface area contributed by atoms with Crippen molar-refractivity contribution in [3.63, 3.8) is 0 Å². The van der Waals surface area contributed by atoms with E-state index in [9.17, 15) is 4.79 Å². The summed E-state index contributed by atoms with van der Waals surface area (Å²) in [5.74, 6) is -0.0853. The van der Waals surface area contributed by atoms with Crippen molar-refractivity contribution in [3.05, 3.63) is 28.8 Å². The fourth-order valence-electron chi connectivity index (χ4n) is 1.34. The van der Waals surface area contributed by atoms with E-state index in [1.807, 2.05) is 0 Å². The Balaban J connectivity index is 2.51. The SMILES string of the molecule is COC(=O)c1nc(C)cc(-n2cc(Cl)c(N)n2)n1. The number of aryl methyl sites for hydroxylation is 1. The van der Waals surface area contributed by atoms with E-state index in [4.69, 9.17) is 17.3 Å². The highest BCUT2D eigenvalue weighted by atomic mass is 35.5. The molecule has 0 aromatic carbocycles. The predicted octanol–water partition coefficient (Wildman–Crippen LogP) is 0.993. The first kappa shape index (κ1) is 12.3. The third kappa shape index (κ3) is 2.25. The molecule has 0 aliphatic carbocycles. The lowest BCUT2D eigenvalue weighted by atomic mass is 10.4. The van der Waals surface area contributed by atoms with Crippen molar-refractivity contribution < 1.29 is 9.53 Å². The first-order valence-corrected chi connectivity index (χ1v) is 5.34. The number of esters is 1. The first-order chi connectivity index (χ1) is 8.51. The Hall–Kier alpha value is -2.15. The number of hydrogen-bond acceptors (Lipinski definition) is 6. The van der Waals surface area contributed by atoms with Gasteiger partial charge in [-0.2, -0.15) is 0 Å². The van der Waals surface area contributed by atoms with Gasteiger partial charge in [0.1, 0.15) is 5.02 Å². The number of nitrogens with two attached hydrogens (primary N) is 1. The highest BCUT2D eigenvalue weighted by Gasteiger charge is 2.13. The van der Waals surface area contributed by atoms with E-state index in [0.717, 1.165) is 0 Å². The Kier molecular flexibility index (Phi) is 3.15. The van der Waals surface area contributed by atoms with Crippen LogP contribution < -0.4 is 5.73 Å². The van der Waals surface area contributed by atoms with Gasteiger partial charge in [-0.3, -0.25) is 0 Å². The van der Waals surface area contributed by atoms with Crippen molar-refractivity contribution in [2.24, 2.45) is 0 Å². The van der Waals surface area contributed by atoms with Crippen LogP contribution >= 0.6 is 11.6 Å². The Labute approximate surface area is 108 Å². The summed E-state index contributed by atoms with van der Waals surface area (Å²) in [4.78, 5) is 19.4. The number of halogens is 1. The zero-order chi connectivity index (χ0) is 13.3. The maximum atomic E-state index is 11.4. The van der Waals surface area contributed by atoms with Gasteiger partial charge < -0.3 is 10.5 Å². The molecule has 94 valence electrons. The minimum Gasteiger partial charge on any atom is -0.463 e. The standard InChI is InChI=1S/C10H10ClN5O2/c1-5-3-7(14-9(13-5)10(17)18-2)16-4-6(11)8(12)15-16/h3-4H,1-2H3,(H2,12,15). The minimum atomic E-state index is -0.619. The molecule has 0 saturated carbocycles. The Morgan fingerprint density at radius 2 is 2.22 bits per heavy atom. The van der Waals surface area contributed by atoms with E-state index >= 15 is 0 Å². The third-order valence-electron chi connectivity index (χ3n) is 2.14. The van der Waals surface area contributed by atoms with Gasteiger partial charge in [0.25, 0.3) is 0 Å². The summed E-state index contributed by atoms with van der Waals surface area (Å²) in [5.41, 5.74) is 6.14. The molecule has 18 heavy (non-hydrogen) atoms. The number of nitrogens with zero attached hydrogens (tertiary/aromatic N) is 4. The maximum absolute atomic E-state index is 11.4. The second kappa shape index (κ2) is 4.61. The third-order valence-corrected chi connectivity index (χ3v) is 2.43. The summed E-state index contributed by atoms with van der Waals surface area (Å²) in [6.45, 7) is 1.73. The number of anilines is 1. The quantitative estimate of drug-likeness (QED) is 0.815. The lowest BCUT2D eigenvalue weighted by Gasteiger charge is -2.04. The molecule has 7 nitrogen and oxygen atoms in total. The van der Waals surface area contributed by atoms with Gasteiger partial charge in [-0.05, 0) is 6.92 Å². The zero-order valence-electron chi connectivity index (χ0n) is 9.72. The van der Waals surface area contributed by atoms with E-state index in [1.54, 1.807) is 13.0 Å². The second-order valence-electron chi connectivity index (χ2n) is 3.49. The van der Waals surface area contributed by atoms with Crippen LogP contribution in [-0.2, 0) is 4.74 Å². The van der Waals surface area contributed by atoms with Crippen molar-refractivity contribution in [3.8, 4) is 5.82 Å². The van der Waals surface area contributed by atoms with E-state index in [1.165, 1.54) is 18.0 Å². The average molecular weight is 268 g/mol. The van der Waals surface area contributed by atoms with Crippen molar-refractivity contribution in [1.82, 2.24) is 19.7 Å². The highest BCUT2D eigenvalue weighted by molar-refractivity contribution is 6.32. The normalized spacial score (nSPS) is 10.4. The molecule has 0 fully saturated rings. The molecule has 2 heterocycles. The van der Waals surface area contributed by atoms with E-state index in [2.05, 4.69) is 19.8 Å². The molecule has 0 bridgehead atoms. The maximum Gasteiger partial charge on any atom is 0.376 e. The van der Waals surface area contributed by atoms with Gasteiger partial charge in [0.05, 0.1) is 13.3 Å². The number of ether oxygens (including phenoxy) is 1.